The minimum Gasteiger partial charge on any atom is -0.462 e. The number of ether oxygens (including phenoxy) is 3. The summed E-state index contributed by atoms with van der Waals surface area (Å²) in [4.78, 5) is 37.9. The standard InChI is InChI=1S/C58H98O6/c1-4-7-10-13-16-19-21-23-25-27-29-31-32-34-36-39-42-45-48-51-57(60)63-54-55(53-62-56(59)50-47-44-41-38-18-15-12-9-6-3)64-58(61)52-49-46-43-40-37-35-33-30-28-26-24-22-20-17-14-11-8-5-2/h7,9-10,12,16,18-19,23,25,29-31,33,38,55H,4-6,8,11,13-15,17,20-22,24,26-28,32,34-37,39-54H2,1-3H3/b10-7-,12-9-,19-16-,25-23-,31-29-,33-30-,38-18-. The highest BCUT2D eigenvalue weighted by atomic mass is 16.6. The lowest BCUT2D eigenvalue weighted by Crippen LogP contribution is -2.30. The molecule has 0 bridgehead atoms. The third-order valence-corrected chi connectivity index (χ3v) is 11.1. The Labute approximate surface area is 395 Å². The summed E-state index contributed by atoms with van der Waals surface area (Å²) in [6.07, 6.45) is 67.3. The molecule has 0 aliphatic carbocycles. The van der Waals surface area contributed by atoms with Crippen LogP contribution in [0.1, 0.15) is 245 Å². The molecule has 0 aliphatic rings. The number of esters is 3. The minimum atomic E-state index is -0.799. The van der Waals surface area contributed by atoms with E-state index in [0.717, 1.165) is 122 Å². The molecule has 0 aliphatic heterocycles. The Kier molecular flexibility index (Phi) is 49.4. The molecule has 0 amide bonds. The average molecular weight is 891 g/mol. The third kappa shape index (κ3) is 49.6. The fraction of sp³-hybridized carbons (Fsp3) is 0.707. The highest BCUT2D eigenvalue weighted by Crippen LogP contribution is 2.14. The second kappa shape index (κ2) is 52.2. The molecule has 64 heavy (non-hydrogen) atoms. The van der Waals surface area contributed by atoms with Crippen molar-refractivity contribution in [1.29, 1.82) is 0 Å². The molecule has 366 valence electrons. The van der Waals surface area contributed by atoms with E-state index in [1.165, 1.54) is 83.5 Å². The Hall–Kier alpha value is -3.41. The number of unbranched alkanes of at least 4 members (excludes halogenated alkanes) is 22. The van der Waals surface area contributed by atoms with E-state index >= 15 is 0 Å². The van der Waals surface area contributed by atoms with Gasteiger partial charge >= 0.3 is 17.9 Å². The monoisotopic (exact) mass is 891 g/mol. The summed E-state index contributed by atoms with van der Waals surface area (Å²) < 4.78 is 16.7. The topological polar surface area (TPSA) is 78.9 Å². The first-order chi connectivity index (χ1) is 31.5. The average Bonchev–Trinajstić information content (AvgIpc) is 3.29. The van der Waals surface area contributed by atoms with Gasteiger partial charge in [-0.1, -0.05) is 202 Å². The second-order valence-corrected chi connectivity index (χ2v) is 17.4. The number of carbonyl (C=O) groups is 3. The quantitative estimate of drug-likeness (QED) is 0.0262. The summed E-state index contributed by atoms with van der Waals surface area (Å²) in [7, 11) is 0. The van der Waals surface area contributed by atoms with E-state index in [4.69, 9.17) is 14.2 Å². The summed E-state index contributed by atoms with van der Waals surface area (Å²) in [5, 5.41) is 0. The van der Waals surface area contributed by atoms with E-state index in [2.05, 4.69) is 106 Å². The molecule has 0 aromatic heterocycles. The van der Waals surface area contributed by atoms with Gasteiger partial charge in [0, 0.05) is 19.3 Å². The maximum absolute atomic E-state index is 12.8. The summed E-state index contributed by atoms with van der Waals surface area (Å²) >= 11 is 0. The van der Waals surface area contributed by atoms with Gasteiger partial charge in [-0.2, -0.15) is 0 Å². The summed E-state index contributed by atoms with van der Waals surface area (Å²) in [5.74, 6) is -0.957. The summed E-state index contributed by atoms with van der Waals surface area (Å²) in [6.45, 7) is 6.35. The van der Waals surface area contributed by atoms with Crippen molar-refractivity contribution < 1.29 is 28.6 Å². The first-order valence-corrected chi connectivity index (χ1v) is 26.6. The normalized spacial score (nSPS) is 12.7. The SMILES string of the molecule is CC/C=C\C/C=C\C/C=C\C/C=C\CCCCCCCCC(=O)OCC(COC(=O)CCCC/C=C\C/C=C\CC)OC(=O)CCCCCCC/C=C\CCCCCCCCCCC. The maximum atomic E-state index is 12.8. The van der Waals surface area contributed by atoms with Crippen molar-refractivity contribution in [1.82, 2.24) is 0 Å². The number of hydrogen-bond acceptors (Lipinski definition) is 6. The van der Waals surface area contributed by atoms with Gasteiger partial charge in [0.05, 0.1) is 0 Å². The van der Waals surface area contributed by atoms with Crippen molar-refractivity contribution in [3.63, 3.8) is 0 Å². The lowest BCUT2D eigenvalue weighted by Gasteiger charge is -2.18. The minimum absolute atomic E-state index is 0.0981. The van der Waals surface area contributed by atoms with Crippen LogP contribution in [0.5, 0.6) is 0 Å². The van der Waals surface area contributed by atoms with Crippen molar-refractivity contribution in [2.45, 2.75) is 252 Å². The zero-order valence-electron chi connectivity index (χ0n) is 41.8. The molecule has 0 heterocycles. The summed E-state index contributed by atoms with van der Waals surface area (Å²) in [6, 6.07) is 0. The molecule has 0 radical (unpaired) electrons. The van der Waals surface area contributed by atoms with Gasteiger partial charge in [-0.3, -0.25) is 14.4 Å². The Morgan fingerprint density at radius 2 is 0.609 bits per heavy atom. The second-order valence-electron chi connectivity index (χ2n) is 17.4. The molecule has 1 atom stereocenters. The van der Waals surface area contributed by atoms with Crippen LogP contribution in [-0.4, -0.2) is 37.2 Å². The molecule has 0 saturated heterocycles. The molecular weight excluding hydrogens is 793 g/mol. The molecule has 6 nitrogen and oxygen atoms in total. The number of hydrogen-bond donors (Lipinski definition) is 0. The van der Waals surface area contributed by atoms with E-state index in [1.54, 1.807) is 0 Å². The van der Waals surface area contributed by atoms with Crippen molar-refractivity contribution in [2.24, 2.45) is 0 Å². The lowest BCUT2D eigenvalue weighted by atomic mass is 10.1. The highest BCUT2D eigenvalue weighted by molar-refractivity contribution is 5.71. The molecular formula is C58H98O6. The Bertz CT molecular complexity index is 1250. The molecule has 0 aromatic carbocycles. The van der Waals surface area contributed by atoms with E-state index in [0.29, 0.717) is 19.3 Å². The Balaban J connectivity index is 4.36. The first-order valence-electron chi connectivity index (χ1n) is 26.6. The highest BCUT2D eigenvalue weighted by Gasteiger charge is 2.19. The largest absolute Gasteiger partial charge is 0.462 e. The summed E-state index contributed by atoms with van der Waals surface area (Å²) in [5.41, 5.74) is 0. The van der Waals surface area contributed by atoms with Gasteiger partial charge in [0.1, 0.15) is 13.2 Å². The van der Waals surface area contributed by atoms with Crippen molar-refractivity contribution in [3.8, 4) is 0 Å². The maximum Gasteiger partial charge on any atom is 0.306 e. The molecule has 6 heteroatoms. The van der Waals surface area contributed by atoms with Gasteiger partial charge in [-0.25, -0.2) is 0 Å². The van der Waals surface area contributed by atoms with Gasteiger partial charge in [0.2, 0.25) is 0 Å². The smallest absolute Gasteiger partial charge is 0.306 e. The van der Waals surface area contributed by atoms with E-state index in [1.807, 2.05) is 0 Å². The zero-order chi connectivity index (χ0) is 46.5. The van der Waals surface area contributed by atoms with Gasteiger partial charge < -0.3 is 14.2 Å². The van der Waals surface area contributed by atoms with Crippen LogP contribution in [0.25, 0.3) is 0 Å². The molecule has 0 fully saturated rings. The van der Waals surface area contributed by atoms with Gasteiger partial charge in [0.15, 0.2) is 6.10 Å². The zero-order valence-corrected chi connectivity index (χ0v) is 41.8. The molecule has 0 spiro atoms. The third-order valence-electron chi connectivity index (χ3n) is 11.1. The van der Waals surface area contributed by atoms with Gasteiger partial charge in [0.25, 0.3) is 0 Å². The van der Waals surface area contributed by atoms with Crippen molar-refractivity contribution >= 4 is 17.9 Å². The van der Waals surface area contributed by atoms with Crippen LogP contribution in [-0.2, 0) is 28.6 Å². The molecule has 0 saturated carbocycles. The molecule has 0 N–H and O–H groups in total. The predicted molar refractivity (Wildman–Crippen MR) is 274 cm³/mol. The van der Waals surface area contributed by atoms with Crippen LogP contribution in [0.4, 0.5) is 0 Å². The number of carbonyl (C=O) groups excluding carboxylic acids is 3. The van der Waals surface area contributed by atoms with Crippen molar-refractivity contribution in [3.05, 3.63) is 85.1 Å². The van der Waals surface area contributed by atoms with Crippen LogP contribution < -0.4 is 0 Å². The van der Waals surface area contributed by atoms with Crippen molar-refractivity contribution in [2.75, 3.05) is 13.2 Å². The lowest BCUT2D eigenvalue weighted by molar-refractivity contribution is -0.167. The van der Waals surface area contributed by atoms with E-state index in [-0.39, 0.29) is 31.1 Å². The Morgan fingerprint density at radius 1 is 0.328 bits per heavy atom. The van der Waals surface area contributed by atoms with Gasteiger partial charge in [-0.15, -0.1) is 0 Å². The molecule has 0 aromatic rings. The fourth-order valence-electron chi connectivity index (χ4n) is 7.17. The van der Waals surface area contributed by atoms with E-state index < -0.39 is 6.10 Å². The van der Waals surface area contributed by atoms with Gasteiger partial charge in [-0.05, 0) is 109 Å². The van der Waals surface area contributed by atoms with Crippen LogP contribution in [0.2, 0.25) is 0 Å². The van der Waals surface area contributed by atoms with Crippen LogP contribution in [0.3, 0.4) is 0 Å². The van der Waals surface area contributed by atoms with Crippen LogP contribution in [0.15, 0.2) is 85.1 Å². The Morgan fingerprint density at radius 3 is 1.00 bits per heavy atom. The fourth-order valence-corrected chi connectivity index (χ4v) is 7.17. The molecule has 1 unspecified atom stereocenters. The van der Waals surface area contributed by atoms with Crippen LogP contribution >= 0.6 is 0 Å². The van der Waals surface area contributed by atoms with E-state index in [9.17, 15) is 14.4 Å². The number of rotatable bonds is 47. The molecule has 0 rings (SSSR count). The first kappa shape index (κ1) is 60.6. The van der Waals surface area contributed by atoms with Crippen LogP contribution in [0, 0.1) is 0 Å². The number of allylic oxidation sites excluding steroid dienone is 14. The predicted octanol–water partition coefficient (Wildman–Crippen LogP) is 17.6.